The summed E-state index contributed by atoms with van der Waals surface area (Å²) in [4.78, 5) is 13.0. The third-order valence-electron chi connectivity index (χ3n) is 2.75. The maximum absolute atomic E-state index is 10.7. The fourth-order valence-corrected chi connectivity index (χ4v) is 2.19. The van der Waals surface area contributed by atoms with Gasteiger partial charge in [-0.15, -0.1) is 0 Å². The molecule has 1 saturated carbocycles. The van der Waals surface area contributed by atoms with Gasteiger partial charge in [0.25, 0.3) is 0 Å². The molecule has 0 aromatic heterocycles. The lowest BCUT2D eigenvalue weighted by Crippen LogP contribution is -2.31. The van der Waals surface area contributed by atoms with Crippen molar-refractivity contribution in [1.82, 2.24) is 10.2 Å². The number of carbonyl (C=O) groups excluding carboxylic acids is 1. The number of fused-ring (bicyclic) bond motifs is 1. The first-order chi connectivity index (χ1) is 5.18. The first-order valence-corrected chi connectivity index (χ1v) is 4.14. The highest BCUT2D eigenvalue weighted by Gasteiger charge is 2.55. The molecule has 2 unspecified atom stereocenters. The van der Waals surface area contributed by atoms with Gasteiger partial charge in [-0.2, -0.15) is 0 Å². The zero-order chi connectivity index (χ0) is 8.01. The van der Waals surface area contributed by atoms with Crippen molar-refractivity contribution >= 4 is 5.91 Å². The summed E-state index contributed by atoms with van der Waals surface area (Å²) in [5, 5.41) is 2.97. The number of nitrogens with one attached hydrogen (secondary N) is 1. The highest BCUT2D eigenvalue weighted by atomic mass is 16.1. The summed E-state index contributed by atoms with van der Waals surface area (Å²) in [7, 11) is 2.14. The maximum Gasteiger partial charge on any atom is 0.217 e. The summed E-state index contributed by atoms with van der Waals surface area (Å²) in [6.45, 7) is 3.92. The van der Waals surface area contributed by atoms with Gasteiger partial charge in [0.2, 0.25) is 5.91 Å². The van der Waals surface area contributed by atoms with Gasteiger partial charge in [0.15, 0.2) is 0 Å². The van der Waals surface area contributed by atoms with Crippen LogP contribution in [0.25, 0.3) is 0 Å². The minimum Gasteiger partial charge on any atom is -0.353 e. The lowest BCUT2D eigenvalue weighted by atomic mass is 10.4. The molecule has 0 radical (unpaired) electrons. The second kappa shape index (κ2) is 2.21. The number of nitrogens with zero attached hydrogens (tertiary/aromatic N) is 1. The van der Waals surface area contributed by atoms with E-state index in [1.165, 1.54) is 0 Å². The molecule has 0 spiro atoms. The Morgan fingerprint density at radius 1 is 1.45 bits per heavy atom. The van der Waals surface area contributed by atoms with Crippen LogP contribution in [0.1, 0.15) is 6.92 Å². The van der Waals surface area contributed by atoms with Crippen molar-refractivity contribution < 1.29 is 4.79 Å². The van der Waals surface area contributed by atoms with Crippen LogP contribution in [0.3, 0.4) is 0 Å². The van der Waals surface area contributed by atoms with Gasteiger partial charge in [0.1, 0.15) is 0 Å². The van der Waals surface area contributed by atoms with E-state index in [2.05, 4.69) is 17.3 Å². The topological polar surface area (TPSA) is 32.3 Å². The molecule has 1 aliphatic heterocycles. The molecular formula is C8H14N2O. The molecule has 11 heavy (non-hydrogen) atoms. The third kappa shape index (κ3) is 1.13. The number of amides is 1. The van der Waals surface area contributed by atoms with Crippen LogP contribution in [0.5, 0.6) is 0 Å². The van der Waals surface area contributed by atoms with Gasteiger partial charge in [-0.3, -0.25) is 4.79 Å². The van der Waals surface area contributed by atoms with E-state index in [9.17, 15) is 4.79 Å². The maximum atomic E-state index is 10.7. The molecule has 2 fully saturated rings. The molecule has 0 aromatic carbocycles. The van der Waals surface area contributed by atoms with Crippen LogP contribution >= 0.6 is 0 Å². The molecule has 2 atom stereocenters. The molecule has 1 aliphatic carbocycles. The van der Waals surface area contributed by atoms with Gasteiger partial charge >= 0.3 is 0 Å². The van der Waals surface area contributed by atoms with Crippen molar-refractivity contribution in [2.75, 3.05) is 20.1 Å². The van der Waals surface area contributed by atoms with E-state index in [4.69, 9.17) is 0 Å². The Morgan fingerprint density at radius 2 is 2.00 bits per heavy atom. The Balaban J connectivity index is 1.83. The van der Waals surface area contributed by atoms with Crippen molar-refractivity contribution in [2.45, 2.75) is 13.0 Å². The molecule has 0 bridgehead atoms. The highest BCUT2D eigenvalue weighted by molar-refractivity contribution is 5.73. The molecule has 0 aromatic rings. The summed E-state index contributed by atoms with van der Waals surface area (Å²) in [6.07, 6.45) is 0. The second-order valence-electron chi connectivity index (χ2n) is 3.78. The quantitative estimate of drug-likeness (QED) is 0.561. The van der Waals surface area contributed by atoms with Gasteiger partial charge < -0.3 is 10.2 Å². The number of carbonyl (C=O) groups is 1. The third-order valence-corrected chi connectivity index (χ3v) is 2.75. The number of piperidine rings is 1. The Labute approximate surface area is 66.8 Å². The minimum absolute atomic E-state index is 0.118. The standard InChI is InChI=1S/C8H14N2O/c1-5(11)9-8-6-3-10(2)4-7(6)8/h6-8H,3-4H2,1-2H3,(H,9,11). The number of hydrogen-bond acceptors (Lipinski definition) is 2. The van der Waals surface area contributed by atoms with Gasteiger partial charge in [-0.25, -0.2) is 0 Å². The SMILES string of the molecule is CC(=O)NC1C2CN(C)CC21. The zero-order valence-electron chi connectivity index (χ0n) is 7.00. The smallest absolute Gasteiger partial charge is 0.217 e. The van der Waals surface area contributed by atoms with Crippen LogP contribution in [-0.2, 0) is 4.79 Å². The largest absolute Gasteiger partial charge is 0.353 e. The number of rotatable bonds is 1. The summed E-state index contributed by atoms with van der Waals surface area (Å²) >= 11 is 0. The lowest BCUT2D eigenvalue weighted by molar-refractivity contribution is -0.119. The van der Waals surface area contributed by atoms with E-state index in [0.29, 0.717) is 6.04 Å². The van der Waals surface area contributed by atoms with Crippen LogP contribution in [0.2, 0.25) is 0 Å². The summed E-state index contributed by atoms with van der Waals surface area (Å²) in [5.74, 6) is 1.62. The van der Waals surface area contributed by atoms with Crippen molar-refractivity contribution in [3.63, 3.8) is 0 Å². The molecule has 1 heterocycles. The summed E-state index contributed by atoms with van der Waals surface area (Å²) < 4.78 is 0. The van der Waals surface area contributed by atoms with Crippen LogP contribution in [-0.4, -0.2) is 37.0 Å². The Morgan fingerprint density at radius 3 is 2.45 bits per heavy atom. The summed E-state index contributed by atoms with van der Waals surface area (Å²) in [5.41, 5.74) is 0. The normalized spacial score (nSPS) is 41.8. The van der Waals surface area contributed by atoms with E-state index in [1.807, 2.05) is 0 Å². The highest BCUT2D eigenvalue weighted by Crippen LogP contribution is 2.44. The van der Waals surface area contributed by atoms with E-state index < -0.39 is 0 Å². The van der Waals surface area contributed by atoms with Gasteiger partial charge in [0, 0.05) is 26.1 Å². The Hall–Kier alpha value is -0.570. The second-order valence-corrected chi connectivity index (χ2v) is 3.78. The first kappa shape index (κ1) is 7.10. The number of hydrogen-bond donors (Lipinski definition) is 1. The van der Waals surface area contributed by atoms with Crippen LogP contribution in [0, 0.1) is 11.8 Å². The van der Waals surface area contributed by atoms with Crippen molar-refractivity contribution in [2.24, 2.45) is 11.8 Å². The Kier molecular flexibility index (Phi) is 1.42. The fraction of sp³-hybridized carbons (Fsp3) is 0.875. The fourth-order valence-electron chi connectivity index (χ4n) is 2.19. The molecule has 2 rings (SSSR count). The van der Waals surface area contributed by atoms with Crippen LogP contribution in [0.15, 0.2) is 0 Å². The van der Waals surface area contributed by atoms with Gasteiger partial charge in [0.05, 0.1) is 0 Å². The average Bonchev–Trinajstić information content (AvgIpc) is 2.43. The van der Waals surface area contributed by atoms with Crippen molar-refractivity contribution in [1.29, 1.82) is 0 Å². The predicted octanol–water partition coefficient (Wildman–Crippen LogP) is -0.317. The van der Waals surface area contributed by atoms with Crippen molar-refractivity contribution in [3.8, 4) is 0 Å². The molecule has 3 nitrogen and oxygen atoms in total. The van der Waals surface area contributed by atoms with Gasteiger partial charge in [-0.1, -0.05) is 0 Å². The lowest BCUT2D eigenvalue weighted by Gasteiger charge is -2.12. The van der Waals surface area contributed by atoms with Crippen LogP contribution in [0.4, 0.5) is 0 Å². The molecule has 1 amide bonds. The van der Waals surface area contributed by atoms with E-state index >= 15 is 0 Å². The van der Waals surface area contributed by atoms with E-state index in [1.54, 1.807) is 6.92 Å². The molecule has 3 heteroatoms. The van der Waals surface area contributed by atoms with E-state index in [-0.39, 0.29) is 5.91 Å². The summed E-state index contributed by atoms with van der Waals surface area (Å²) in [6, 6.07) is 0.503. The number of likely N-dealkylation sites (tertiary alicyclic amines) is 1. The zero-order valence-corrected chi connectivity index (χ0v) is 7.00. The molecule has 1 saturated heterocycles. The first-order valence-electron chi connectivity index (χ1n) is 4.14. The monoisotopic (exact) mass is 154 g/mol. The van der Waals surface area contributed by atoms with Crippen LogP contribution < -0.4 is 5.32 Å². The minimum atomic E-state index is 0.118. The molecule has 62 valence electrons. The molecular weight excluding hydrogens is 140 g/mol. The predicted molar refractivity (Wildman–Crippen MR) is 42.1 cm³/mol. The molecule has 1 N–H and O–H groups in total. The Bertz CT molecular complexity index is 181. The van der Waals surface area contributed by atoms with Gasteiger partial charge in [-0.05, 0) is 18.9 Å². The average molecular weight is 154 g/mol. The van der Waals surface area contributed by atoms with Crippen molar-refractivity contribution in [3.05, 3.63) is 0 Å². The molecule has 2 aliphatic rings. The van der Waals surface area contributed by atoms with E-state index in [0.717, 1.165) is 24.9 Å².